The van der Waals surface area contributed by atoms with Crippen LogP contribution in [0.15, 0.2) is 5.38 Å². The average Bonchev–Trinajstić information content (AvgIpc) is 3.52. The van der Waals surface area contributed by atoms with Crippen molar-refractivity contribution in [1.29, 1.82) is 0 Å². The van der Waals surface area contributed by atoms with Gasteiger partial charge < -0.3 is 14.5 Å². The molecule has 1 aliphatic rings. The van der Waals surface area contributed by atoms with Crippen molar-refractivity contribution >= 4 is 37.4 Å². The molecule has 2 amide bonds. The van der Waals surface area contributed by atoms with E-state index in [4.69, 9.17) is 19.0 Å². The van der Waals surface area contributed by atoms with Crippen LogP contribution in [0.2, 0.25) is 18.1 Å². The van der Waals surface area contributed by atoms with E-state index in [0.29, 0.717) is 24.5 Å². The number of ether oxygens (including phenoxy) is 1. The van der Waals surface area contributed by atoms with Gasteiger partial charge in [-0.25, -0.2) is 14.8 Å². The standard InChI is InChI=1S/C37H68N4O6SSi/c1-13-16-17-20-23-46-41(35(43)32(27(6)14-2)33(42)39-31-21-18-19-22-40(31)10)29(26(4)5)24-30(47-49(11,12)37(7,8)9)34-38-28(25-48-34)36(44)45-15-3/h25-27,29-32H,13-24H2,1-12H3,(H,39,42)/t27-,29+,30+,31+,32-/m0/s1. The van der Waals surface area contributed by atoms with Gasteiger partial charge in [-0.3, -0.25) is 19.3 Å². The summed E-state index contributed by atoms with van der Waals surface area (Å²) in [6, 6.07) is -0.417. The second-order valence-electron chi connectivity index (χ2n) is 15.6. The van der Waals surface area contributed by atoms with Gasteiger partial charge in [0.1, 0.15) is 10.9 Å². The molecule has 282 valence electrons. The van der Waals surface area contributed by atoms with E-state index in [9.17, 15) is 14.4 Å². The number of rotatable bonds is 20. The molecule has 12 heteroatoms. The summed E-state index contributed by atoms with van der Waals surface area (Å²) < 4.78 is 12.3. The van der Waals surface area contributed by atoms with Gasteiger partial charge in [0, 0.05) is 11.8 Å². The lowest BCUT2D eigenvalue weighted by molar-refractivity contribution is -0.214. The number of unbranched alkanes of at least 4 members (excludes halogenated alkanes) is 3. The lowest BCUT2D eigenvalue weighted by atomic mass is 9.88. The number of likely N-dealkylation sites (tertiary alicyclic amines) is 1. The molecule has 0 spiro atoms. The van der Waals surface area contributed by atoms with Crippen molar-refractivity contribution in [2.45, 2.75) is 157 Å². The SMILES string of the molecule is CCCCCCON(C(=O)[C@H](C(=O)N[C@H]1CCCCN1C)[C@@H](C)CC)[C@H](C[C@@H](O[Si](C)(C)C(C)(C)C)c1nc(C(=O)OCC)cs1)C(C)C. The molecule has 10 nitrogen and oxygen atoms in total. The Morgan fingerprint density at radius 3 is 2.37 bits per heavy atom. The van der Waals surface area contributed by atoms with E-state index in [0.717, 1.165) is 51.5 Å². The third-order valence-corrected chi connectivity index (χ3v) is 15.8. The Hall–Kier alpha value is -1.86. The fourth-order valence-corrected chi connectivity index (χ4v) is 8.02. The van der Waals surface area contributed by atoms with Gasteiger partial charge in [0.15, 0.2) is 14.0 Å². The lowest BCUT2D eigenvalue weighted by Gasteiger charge is -2.42. The number of hydroxylamine groups is 2. The molecule has 5 atom stereocenters. The molecule has 0 aromatic carbocycles. The summed E-state index contributed by atoms with van der Waals surface area (Å²) in [4.78, 5) is 54.9. The lowest BCUT2D eigenvalue weighted by Crippen LogP contribution is -2.56. The summed E-state index contributed by atoms with van der Waals surface area (Å²) in [7, 11) is -0.318. The van der Waals surface area contributed by atoms with Crippen molar-refractivity contribution in [2.24, 2.45) is 17.8 Å². The van der Waals surface area contributed by atoms with Gasteiger partial charge in [-0.05, 0) is 76.2 Å². The zero-order chi connectivity index (χ0) is 36.9. The Morgan fingerprint density at radius 2 is 1.80 bits per heavy atom. The molecule has 1 aromatic rings. The average molecular weight is 725 g/mol. The third kappa shape index (κ3) is 12.7. The van der Waals surface area contributed by atoms with Gasteiger partial charge in [0.05, 0.1) is 31.5 Å². The minimum atomic E-state index is -2.35. The second-order valence-corrected chi connectivity index (χ2v) is 21.3. The first-order valence-corrected chi connectivity index (χ1v) is 22.5. The Bertz CT molecular complexity index is 1170. The number of thiazole rings is 1. The van der Waals surface area contributed by atoms with E-state index < -0.39 is 32.4 Å². The van der Waals surface area contributed by atoms with E-state index in [1.165, 1.54) is 16.4 Å². The van der Waals surface area contributed by atoms with Crippen LogP contribution in [0.5, 0.6) is 0 Å². The van der Waals surface area contributed by atoms with Crippen molar-refractivity contribution in [1.82, 2.24) is 20.3 Å². The second kappa shape index (κ2) is 20.2. The molecule has 0 unspecified atom stereocenters. The van der Waals surface area contributed by atoms with Gasteiger partial charge in [0.2, 0.25) is 5.91 Å². The van der Waals surface area contributed by atoms with Crippen LogP contribution in [-0.2, 0) is 23.6 Å². The molecule has 0 aliphatic carbocycles. The van der Waals surface area contributed by atoms with E-state index >= 15 is 0 Å². The minimum absolute atomic E-state index is 0.0280. The maximum absolute atomic E-state index is 14.8. The summed E-state index contributed by atoms with van der Waals surface area (Å²) in [5.41, 5.74) is 0.257. The summed E-state index contributed by atoms with van der Waals surface area (Å²) in [5, 5.41) is 7.06. The molecular weight excluding hydrogens is 657 g/mol. The minimum Gasteiger partial charge on any atom is -0.461 e. The first-order chi connectivity index (χ1) is 23.0. The van der Waals surface area contributed by atoms with Crippen LogP contribution in [-0.4, -0.2) is 80.1 Å². The van der Waals surface area contributed by atoms with Crippen molar-refractivity contribution in [2.75, 3.05) is 26.8 Å². The zero-order valence-corrected chi connectivity index (χ0v) is 34.5. The number of aromatic nitrogens is 1. The number of carbonyl (C=O) groups excluding carboxylic acids is 3. The number of hydrogen-bond acceptors (Lipinski definition) is 9. The molecule has 0 saturated carbocycles. The fraction of sp³-hybridized carbons (Fsp3) is 0.838. The van der Waals surface area contributed by atoms with Crippen molar-refractivity contribution in [3.63, 3.8) is 0 Å². The molecule has 2 heterocycles. The predicted octanol–water partition coefficient (Wildman–Crippen LogP) is 8.36. The first-order valence-electron chi connectivity index (χ1n) is 18.8. The Kier molecular flexibility index (Phi) is 17.9. The molecule has 1 N–H and O–H groups in total. The Balaban J connectivity index is 2.57. The number of nitrogens with one attached hydrogen (secondary N) is 1. The quantitative estimate of drug-likeness (QED) is 0.0470. The van der Waals surface area contributed by atoms with E-state index in [1.807, 2.05) is 20.9 Å². The number of hydrogen-bond donors (Lipinski definition) is 1. The Labute approximate surface area is 302 Å². The Morgan fingerprint density at radius 1 is 1.10 bits per heavy atom. The smallest absolute Gasteiger partial charge is 0.357 e. The molecule has 49 heavy (non-hydrogen) atoms. The summed E-state index contributed by atoms with van der Waals surface area (Å²) in [6.07, 6.45) is 7.51. The van der Waals surface area contributed by atoms with Crippen molar-refractivity contribution in [3.05, 3.63) is 16.1 Å². The van der Waals surface area contributed by atoms with Gasteiger partial charge in [0.25, 0.3) is 5.91 Å². The molecule has 1 aliphatic heterocycles. The van der Waals surface area contributed by atoms with Gasteiger partial charge in [-0.2, -0.15) is 0 Å². The molecule has 1 fully saturated rings. The number of carbonyl (C=O) groups is 3. The molecule has 2 rings (SSSR count). The molecule has 0 bridgehead atoms. The van der Waals surface area contributed by atoms with Crippen LogP contribution < -0.4 is 5.32 Å². The highest BCUT2D eigenvalue weighted by molar-refractivity contribution is 7.09. The highest BCUT2D eigenvalue weighted by atomic mass is 32.1. The van der Waals surface area contributed by atoms with Gasteiger partial charge >= 0.3 is 5.97 Å². The van der Waals surface area contributed by atoms with Crippen molar-refractivity contribution < 1.29 is 28.4 Å². The molecule has 0 radical (unpaired) electrons. The zero-order valence-electron chi connectivity index (χ0n) is 32.7. The fourth-order valence-electron chi connectivity index (χ4n) is 5.84. The highest BCUT2D eigenvalue weighted by Gasteiger charge is 2.44. The number of esters is 1. The van der Waals surface area contributed by atoms with Crippen LogP contribution in [0.25, 0.3) is 0 Å². The maximum atomic E-state index is 14.8. The van der Waals surface area contributed by atoms with Crippen LogP contribution >= 0.6 is 11.3 Å². The monoisotopic (exact) mass is 724 g/mol. The predicted molar refractivity (Wildman–Crippen MR) is 201 cm³/mol. The normalized spacial score (nSPS) is 18.5. The molecule has 1 saturated heterocycles. The van der Waals surface area contributed by atoms with Crippen LogP contribution in [0.1, 0.15) is 142 Å². The highest BCUT2D eigenvalue weighted by Crippen LogP contribution is 2.42. The van der Waals surface area contributed by atoms with Crippen LogP contribution in [0.4, 0.5) is 0 Å². The molecule has 1 aromatic heterocycles. The van der Waals surface area contributed by atoms with Crippen molar-refractivity contribution in [3.8, 4) is 0 Å². The van der Waals surface area contributed by atoms with Crippen LogP contribution in [0.3, 0.4) is 0 Å². The number of nitrogens with zero attached hydrogens (tertiary/aromatic N) is 3. The first kappa shape index (κ1) is 43.3. The number of piperidine rings is 1. The largest absolute Gasteiger partial charge is 0.461 e. The van der Waals surface area contributed by atoms with Gasteiger partial charge in [-0.15, -0.1) is 11.3 Å². The van der Waals surface area contributed by atoms with Gasteiger partial charge in [-0.1, -0.05) is 81.1 Å². The van der Waals surface area contributed by atoms with Crippen LogP contribution in [0, 0.1) is 17.8 Å². The topological polar surface area (TPSA) is 110 Å². The summed E-state index contributed by atoms with van der Waals surface area (Å²) in [6.45, 7) is 24.6. The van der Waals surface area contributed by atoms with E-state index in [1.54, 1.807) is 12.3 Å². The number of amides is 2. The molecular formula is C37H68N4O6SSi. The van der Waals surface area contributed by atoms with E-state index in [-0.39, 0.29) is 47.2 Å². The third-order valence-electron chi connectivity index (χ3n) is 10.3. The maximum Gasteiger partial charge on any atom is 0.357 e. The summed E-state index contributed by atoms with van der Waals surface area (Å²) in [5.74, 6) is -2.13. The van der Waals surface area contributed by atoms with E-state index in [2.05, 4.69) is 64.9 Å². The summed E-state index contributed by atoms with van der Waals surface area (Å²) >= 11 is 1.38.